The Balaban J connectivity index is 1.51. The first kappa shape index (κ1) is 17.4. The number of nitrogens with two attached hydrogens (primary N) is 1. The lowest BCUT2D eigenvalue weighted by Crippen LogP contribution is -2.17. The molecule has 0 unspecified atom stereocenters. The molecule has 4 rings (SSSR count). The van der Waals surface area contributed by atoms with Crippen molar-refractivity contribution >= 4 is 61.5 Å². The van der Waals surface area contributed by atoms with E-state index in [1.54, 1.807) is 29.1 Å². The van der Waals surface area contributed by atoms with Gasteiger partial charge >= 0.3 is 0 Å². The van der Waals surface area contributed by atoms with E-state index in [0.29, 0.717) is 10.6 Å². The minimum atomic E-state index is -0.545. The van der Waals surface area contributed by atoms with Crippen molar-refractivity contribution in [2.45, 2.75) is 30.7 Å². The summed E-state index contributed by atoms with van der Waals surface area (Å²) in [4.78, 5) is 34.9. The predicted octanol–water partition coefficient (Wildman–Crippen LogP) is 3.46. The normalized spacial score (nSPS) is 13.5. The molecule has 0 fully saturated rings. The van der Waals surface area contributed by atoms with Crippen LogP contribution in [0.5, 0.6) is 0 Å². The number of primary amides is 1. The van der Waals surface area contributed by atoms with Gasteiger partial charge in [0.05, 0.1) is 11.3 Å². The van der Waals surface area contributed by atoms with Crippen LogP contribution >= 0.6 is 34.4 Å². The zero-order valence-corrected chi connectivity index (χ0v) is 16.2. The van der Waals surface area contributed by atoms with E-state index in [4.69, 9.17) is 5.73 Å². The molecule has 6 nitrogen and oxygen atoms in total. The molecular formula is C17H16N4O2S3. The standard InChI is InChI=1S/C17H16N4O2S3/c18-14(23)10-5-6-24-15(10)21-12(22)7-25-16-13-9-3-1-2-4-11(9)26-17(13)20-8-19-16/h5-6,8H,1-4,7H2,(H2,18,23)(H,21,22). The lowest BCUT2D eigenvalue weighted by molar-refractivity contribution is -0.113. The zero-order valence-electron chi connectivity index (χ0n) is 13.8. The van der Waals surface area contributed by atoms with Gasteiger partial charge in [-0.2, -0.15) is 0 Å². The van der Waals surface area contributed by atoms with Crippen LogP contribution < -0.4 is 11.1 Å². The summed E-state index contributed by atoms with van der Waals surface area (Å²) >= 11 is 4.43. The average Bonchev–Trinajstić information content (AvgIpc) is 3.24. The van der Waals surface area contributed by atoms with Crippen LogP contribution in [0.15, 0.2) is 22.8 Å². The summed E-state index contributed by atoms with van der Waals surface area (Å²) in [6.07, 6.45) is 6.14. The van der Waals surface area contributed by atoms with Crippen molar-refractivity contribution in [1.29, 1.82) is 0 Å². The number of thioether (sulfide) groups is 1. The van der Waals surface area contributed by atoms with Crippen molar-refractivity contribution in [1.82, 2.24) is 9.97 Å². The lowest BCUT2D eigenvalue weighted by Gasteiger charge is -2.11. The summed E-state index contributed by atoms with van der Waals surface area (Å²) in [6.45, 7) is 0. The molecule has 0 radical (unpaired) electrons. The molecular weight excluding hydrogens is 388 g/mol. The molecule has 0 saturated carbocycles. The molecule has 0 spiro atoms. The largest absolute Gasteiger partial charge is 0.366 e. The number of hydrogen-bond acceptors (Lipinski definition) is 7. The molecule has 3 aromatic rings. The molecule has 134 valence electrons. The van der Waals surface area contributed by atoms with E-state index >= 15 is 0 Å². The predicted molar refractivity (Wildman–Crippen MR) is 106 cm³/mol. The highest BCUT2D eigenvalue weighted by atomic mass is 32.2. The summed E-state index contributed by atoms with van der Waals surface area (Å²) in [6, 6.07) is 1.61. The number of hydrogen-bond donors (Lipinski definition) is 2. The molecule has 1 aliphatic carbocycles. The van der Waals surface area contributed by atoms with E-state index in [9.17, 15) is 9.59 Å². The van der Waals surface area contributed by atoms with Crippen LogP contribution in [0.1, 0.15) is 33.6 Å². The van der Waals surface area contributed by atoms with Crippen molar-refractivity contribution in [3.63, 3.8) is 0 Å². The Kier molecular flexibility index (Phi) is 4.92. The van der Waals surface area contributed by atoms with Crippen LogP contribution in [0, 0.1) is 0 Å². The van der Waals surface area contributed by atoms with Crippen LogP contribution in [-0.4, -0.2) is 27.5 Å². The maximum absolute atomic E-state index is 12.3. The average molecular weight is 405 g/mol. The van der Waals surface area contributed by atoms with Crippen LogP contribution in [0.4, 0.5) is 5.00 Å². The third-order valence-corrected chi connectivity index (χ3v) is 7.26. The number of aryl methyl sites for hydroxylation is 2. The minimum Gasteiger partial charge on any atom is -0.366 e. The molecule has 26 heavy (non-hydrogen) atoms. The fourth-order valence-electron chi connectivity index (χ4n) is 3.07. The Labute approximate surface area is 162 Å². The molecule has 0 bridgehead atoms. The molecule has 9 heteroatoms. The molecule has 3 N–H and O–H groups in total. The Bertz CT molecular complexity index is 995. The van der Waals surface area contributed by atoms with Gasteiger partial charge in [0.15, 0.2) is 0 Å². The fraction of sp³-hybridized carbons (Fsp3) is 0.294. The number of nitrogens with one attached hydrogen (secondary N) is 1. The number of nitrogens with zero attached hydrogens (tertiary/aromatic N) is 2. The summed E-state index contributed by atoms with van der Waals surface area (Å²) in [5, 5.41) is 6.95. The van der Waals surface area contributed by atoms with E-state index in [1.165, 1.54) is 46.4 Å². The Morgan fingerprint density at radius 1 is 1.27 bits per heavy atom. The molecule has 0 aromatic carbocycles. The monoisotopic (exact) mass is 404 g/mol. The Morgan fingerprint density at radius 2 is 2.12 bits per heavy atom. The van der Waals surface area contributed by atoms with E-state index < -0.39 is 5.91 Å². The van der Waals surface area contributed by atoms with E-state index in [2.05, 4.69) is 15.3 Å². The van der Waals surface area contributed by atoms with Crippen LogP contribution in [0.2, 0.25) is 0 Å². The number of thiophene rings is 2. The van der Waals surface area contributed by atoms with Crippen molar-refractivity contribution < 1.29 is 9.59 Å². The number of carbonyl (C=O) groups excluding carboxylic acids is 2. The molecule has 0 atom stereocenters. The highest BCUT2D eigenvalue weighted by molar-refractivity contribution is 8.00. The molecule has 3 aromatic heterocycles. The second kappa shape index (κ2) is 7.34. The third kappa shape index (κ3) is 3.34. The van der Waals surface area contributed by atoms with Crippen molar-refractivity contribution in [2.24, 2.45) is 5.73 Å². The highest BCUT2D eigenvalue weighted by Crippen LogP contribution is 2.39. The van der Waals surface area contributed by atoms with E-state index in [1.807, 2.05) is 0 Å². The van der Waals surface area contributed by atoms with Crippen molar-refractivity contribution in [3.8, 4) is 0 Å². The molecule has 3 heterocycles. The molecule has 2 amide bonds. The number of anilines is 1. The van der Waals surface area contributed by atoms with Crippen LogP contribution in [0.3, 0.4) is 0 Å². The number of amides is 2. The summed E-state index contributed by atoms with van der Waals surface area (Å²) in [5.74, 6) is -0.514. The van der Waals surface area contributed by atoms with Gasteiger partial charge in [-0.1, -0.05) is 11.8 Å². The maximum Gasteiger partial charge on any atom is 0.251 e. The Morgan fingerprint density at radius 3 is 2.96 bits per heavy atom. The quantitative estimate of drug-likeness (QED) is 0.501. The number of aromatic nitrogens is 2. The van der Waals surface area contributed by atoms with Gasteiger partial charge in [-0.15, -0.1) is 22.7 Å². The van der Waals surface area contributed by atoms with Gasteiger partial charge in [0.2, 0.25) is 5.91 Å². The van der Waals surface area contributed by atoms with Crippen molar-refractivity contribution in [3.05, 3.63) is 33.8 Å². The Hall–Kier alpha value is -1.97. The summed E-state index contributed by atoms with van der Waals surface area (Å²) < 4.78 is 0. The number of rotatable bonds is 5. The minimum absolute atomic E-state index is 0.184. The third-order valence-electron chi connectivity index (χ3n) is 4.24. The van der Waals surface area contributed by atoms with Gasteiger partial charge < -0.3 is 11.1 Å². The lowest BCUT2D eigenvalue weighted by atomic mass is 9.97. The fourth-order valence-corrected chi connectivity index (χ4v) is 6.00. The van der Waals surface area contributed by atoms with Crippen LogP contribution in [-0.2, 0) is 17.6 Å². The van der Waals surface area contributed by atoms with Gasteiger partial charge in [0.1, 0.15) is 21.2 Å². The van der Waals surface area contributed by atoms with Crippen LogP contribution in [0.25, 0.3) is 10.2 Å². The first-order valence-electron chi connectivity index (χ1n) is 8.18. The SMILES string of the molecule is NC(=O)c1ccsc1NC(=O)CSc1ncnc2sc3c(c12)CCCC3. The zero-order chi connectivity index (χ0) is 18.1. The topological polar surface area (TPSA) is 98.0 Å². The van der Waals surface area contributed by atoms with E-state index in [-0.39, 0.29) is 11.7 Å². The second-order valence-corrected chi connectivity index (χ2v) is 8.90. The van der Waals surface area contributed by atoms with Gasteiger partial charge in [-0.3, -0.25) is 9.59 Å². The molecule has 0 saturated heterocycles. The first-order chi connectivity index (χ1) is 12.6. The highest BCUT2D eigenvalue weighted by Gasteiger charge is 2.20. The van der Waals surface area contributed by atoms with Crippen molar-refractivity contribution in [2.75, 3.05) is 11.1 Å². The van der Waals surface area contributed by atoms with E-state index in [0.717, 1.165) is 28.1 Å². The molecule has 0 aliphatic heterocycles. The van der Waals surface area contributed by atoms with Gasteiger partial charge in [0, 0.05) is 10.3 Å². The smallest absolute Gasteiger partial charge is 0.251 e. The second-order valence-electron chi connectivity index (χ2n) is 5.93. The number of carbonyl (C=O) groups is 2. The summed E-state index contributed by atoms with van der Waals surface area (Å²) in [7, 11) is 0. The maximum atomic E-state index is 12.3. The summed E-state index contributed by atoms with van der Waals surface area (Å²) in [5.41, 5.74) is 7.00. The van der Waals surface area contributed by atoms with Gasteiger partial charge in [-0.05, 0) is 42.7 Å². The number of fused-ring (bicyclic) bond motifs is 3. The first-order valence-corrected chi connectivity index (χ1v) is 10.9. The van der Waals surface area contributed by atoms with Gasteiger partial charge in [0.25, 0.3) is 5.91 Å². The molecule has 1 aliphatic rings. The van der Waals surface area contributed by atoms with Gasteiger partial charge in [-0.25, -0.2) is 9.97 Å².